The van der Waals surface area contributed by atoms with Gasteiger partial charge < -0.3 is 9.47 Å². The molecule has 0 aromatic heterocycles. The number of carbonyl (C=O) groups is 2. The zero-order valence-corrected chi connectivity index (χ0v) is 12.6. The molecule has 1 fully saturated rings. The van der Waals surface area contributed by atoms with E-state index in [0.717, 1.165) is 6.42 Å². The molecule has 19 heavy (non-hydrogen) atoms. The van der Waals surface area contributed by atoms with Crippen LogP contribution in [0.2, 0.25) is 0 Å². The van der Waals surface area contributed by atoms with Gasteiger partial charge >= 0.3 is 12.1 Å². The van der Waals surface area contributed by atoms with E-state index in [9.17, 15) is 9.59 Å². The molecule has 0 unspecified atom stereocenters. The topological polar surface area (TPSA) is 55.8 Å². The molecule has 0 radical (unpaired) electrons. The van der Waals surface area contributed by atoms with Crippen LogP contribution in [0.15, 0.2) is 0 Å². The van der Waals surface area contributed by atoms with Gasteiger partial charge in [-0.05, 0) is 39.5 Å². The lowest BCUT2D eigenvalue weighted by atomic mass is 10.1. The van der Waals surface area contributed by atoms with Crippen LogP contribution in [-0.2, 0) is 14.3 Å². The number of rotatable bonds is 3. The number of amides is 1. The van der Waals surface area contributed by atoms with Crippen molar-refractivity contribution in [2.75, 3.05) is 13.2 Å². The summed E-state index contributed by atoms with van der Waals surface area (Å²) in [6.07, 6.45) is 1.04. The van der Waals surface area contributed by atoms with Crippen molar-refractivity contribution in [1.82, 2.24) is 4.90 Å². The van der Waals surface area contributed by atoms with E-state index in [2.05, 4.69) is 0 Å². The lowest BCUT2D eigenvalue weighted by Gasteiger charge is -2.27. The highest BCUT2D eigenvalue weighted by molar-refractivity contribution is 5.82. The molecular weight excluding hydrogens is 246 g/mol. The molecule has 0 saturated carbocycles. The van der Waals surface area contributed by atoms with Crippen molar-refractivity contribution in [2.24, 2.45) is 5.92 Å². The third-order valence-corrected chi connectivity index (χ3v) is 2.71. The van der Waals surface area contributed by atoms with Gasteiger partial charge in [-0.2, -0.15) is 0 Å². The van der Waals surface area contributed by atoms with Gasteiger partial charge in [0, 0.05) is 6.54 Å². The van der Waals surface area contributed by atoms with Crippen molar-refractivity contribution < 1.29 is 19.1 Å². The maximum absolute atomic E-state index is 12.0. The zero-order valence-electron chi connectivity index (χ0n) is 12.6. The number of esters is 1. The largest absolute Gasteiger partial charge is 0.458 e. The van der Waals surface area contributed by atoms with Crippen LogP contribution >= 0.6 is 0 Å². The number of nitrogens with zero attached hydrogens (tertiary/aromatic N) is 1. The van der Waals surface area contributed by atoms with Gasteiger partial charge in [-0.1, -0.05) is 13.8 Å². The van der Waals surface area contributed by atoms with Crippen molar-refractivity contribution in [2.45, 2.75) is 59.1 Å². The number of hydrogen-bond acceptors (Lipinski definition) is 4. The second kappa shape index (κ2) is 6.26. The maximum Gasteiger partial charge on any atom is 0.410 e. The van der Waals surface area contributed by atoms with Crippen molar-refractivity contribution in [3.8, 4) is 0 Å². The lowest BCUT2D eigenvalue weighted by molar-refractivity contribution is -0.159. The van der Waals surface area contributed by atoms with Gasteiger partial charge in [0.2, 0.25) is 0 Å². The molecule has 0 aromatic rings. The summed E-state index contributed by atoms with van der Waals surface area (Å²) in [4.78, 5) is 25.5. The average Bonchev–Trinajstić information content (AvgIpc) is 2.72. The van der Waals surface area contributed by atoms with Crippen LogP contribution < -0.4 is 0 Å². The van der Waals surface area contributed by atoms with Crippen LogP contribution in [0.3, 0.4) is 0 Å². The predicted molar refractivity (Wildman–Crippen MR) is 71.8 cm³/mol. The first-order chi connectivity index (χ1) is 8.70. The van der Waals surface area contributed by atoms with E-state index in [4.69, 9.17) is 9.47 Å². The zero-order chi connectivity index (χ0) is 14.6. The molecule has 1 heterocycles. The molecule has 0 spiro atoms. The molecule has 1 saturated heterocycles. The SMILES string of the molecule is CC(C)COC(=O)N1CCC[C@H]1C(=O)OC(C)(C)C. The Morgan fingerprint density at radius 1 is 1.32 bits per heavy atom. The fourth-order valence-electron chi connectivity index (χ4n) is 1.92. The Morgan fingerprint density at radius 3 is 2.47 bits per heavy atom. The van der Waals surface area contributed by atoms with Crippen molar-refractivity contribution >= 4 is 12.1 Å². The highest BCUT2D eigenvalue weighted by Gasteiger charge is 2.37. The van der Waals surface area contributed by atoms with Gasteiger partial charge in [-0.3, -0.25) is 4.90 Å². The van der Waals surface area contributed by atoms with E-state index < -0.39 is 17.7 Å². The van der Waals surface area contributed by atoms with Gasteiger partial charge in [0.25, 0.3) is 0 Å². The number of carbonyl (C=O) groups excluding carboxylic acids is 2. The molecule has 0 aliphatic carbocycles. The van der Waals surface area contributed by atoms with Gasteiger partial charge in [0.05, 0.1) is 6.61 Å². The van der Waals surface area contributed by atoms with E-state index >= 15 is 0 Å². The number of likely N-dealkylation sites (tertiary alicyclic amines) is 1. The molecule has 1 amide bonds. The van der Waals surface area contributed by atoms with Crippen LogP contribution in [0.5, 0.6) is 0 Å². The molecule has 110 valence electrons. The molecule has 5 heteroatoms. The van der Waals surface area contributed by atoms with Crippen molar-refractivity contribution in [1.29, 1.82) is 0 Å². The normalized spacial score (nSPS) is 19.7. The Kier molecular flexibility index (Phi) is 5.20. The Balaban J connectivity index is 2.58. The molecular formula is C14H25NO4. The van der Waals surface area contributed by atoms with Crippen LogP contribution in [0.25, 0.3) is 0 Å². The molecule has 1 aliphatic heterocycles. The molecule has 0 bridgehead atoms. The van der Waals surface area contributed by atoms with Crippen molar-refractivity contribution in [3.63, 3.8) is 0 Å². The summed E-state index contributed by atoms with van der Waals surface area (Å²) < 4.78 is 10.5. The fourth-order valence-corrected chi connectivity index (χ4v) is 1.92. The first-order valence-electron chi connectivity index (χ1n) is 6.87. The van der Waals surface area contributed by atoms with E-state index in [0.29, 0.717) is 19.6 Å². The molecule has 5 nitrogen and oxygen atoms in total. The first-order valence-corrected chi connectivity index (χ1v) is 6.87. The number of hydrogen-bond donors (Lipinski definition) is 0. The molecule has 0 N–H and O–H groups in total. The molecule has 1 aliphatic rings. The minimum absolute atomic E-state index is 0.284. The molecule has 1 atom stereocenters. The Morgan fingerprint density at radius 2 is 1.95 bits per heavy atom. The standard InChI is InChI=1S/C14H25NO4/c1-10(2)9-18-13(17)15-8-6-7-11(15)12(16)19-14(3,4)5/h10-11H,6-9H2,1-5H3/t11-/m0/s1. The van der Waals surface area contributed by atoms with Gasteiger partial charge in [0.1, 0.15) is 11.6 Å². The Labute approximate surface area is 115 Å². The third-order valence-electron chi connectivity index (χ3n) is 2.71. The van der Waals surface area contributed by atoms with Crippen LogP contribution in [0, 0.1) is 5.92 Å². The first kappa shape index (κ1) is 15.8. The number of ether oxygens (including phenoxy) is 2. The van der Waals surface area contributed by atoms with Crippen LogP contribution in [0.4, 0.5) is 4.79 Å². The van der Waals surface area contributed by atoms with E-state index in [-0.39, 0.29) is 11.9 Å². The average molecular weight is 271 g/mol. The Bertz CT molecular complexity index is 333. The summed E-state index contributed by atoms with van der Waals surface area (Å²) in [5.41, 5.74) is -0.535. The van der Waals surface area contributed by atoms with E-state index in [1.807, 2.05) is 34.6 Å². The van der Waals surface area contributed by atoms with Gasteiger partial charge in [0.15, 0.2) is 0 Å². The highest BCUT2D eigenvalue weighted by Crippen LogP contribution is 2.22. The maximum atomic E-state index is 12.0. The molecule has 1 rings (SSSR count). The second-order valence-corrected chi connectivity index (χ2v) is 6.36. The summed E-state index contributed by atoms with van der Waals surface area (Å²) in [5, 5.41) is 0. The van der Waals surface area contributed by atoms with Gasteiger partial charge in [-0.15, -0.1) is 0 Å². The van der Waals surface area contributed by atoms with E-state index in [1.165, 1.54) is 4.90 Å². The van der Waals surface area contributed by atoms with Crippen LogP contribution in [0.1, 0.15) is 47.5 Å². The highest BCUT2D eigenvalue weighted by atomic mass is 16.6. The summed E-state index contributed by atoms with van der Waals surface area (Å²) in [6.45, 7) is 10.3. The summed E-state index contributed by atoms with van der Waals surface area (Å²) in [7, 11) is 0. The monoisotopic (exact) mass is 271 g/mol. The second-order valence-electron chi connectivity index (χ2n) is 6.36. The van der Waals surface area contributed by atoms with E-state index in [1.54, 1.807) is 0 Å². The smallest absolute Gasteiger partial charge is 0.410 e. The quantitative estimate of drug-likeness (QED) is 0.740. The van der Waals surface area contributed by atoms with Crippen LogP contribution in [-0.4, -0.2) is 41.8 Å². The minimum Gasteiger partial charge on any atom is -0.458 e. The molecule has 0 aromatic carbocycles. The minimum atomic E-state index is -0.535. The predicted octanol–water partition coefficient (Wildman–Crippen LogP) is 2.59. The van der Waals surface area contributed by atoms with Crippen molar-refractivity contribution in [3.05, 3.63) is 0 Å². The summed E-state index contributed by atoms with van der Waals surface area (Å²) >= 11 is 0. The lowest BCUT2D eigenvalue weighted by Crippen LogP contribution is -2.44. The third kappa shape index (κ3) is 5.09. The fraction of sp³-hybridized carbons (Fsp3) is 0.857. The summed E-state index contributed by atoms with van der Waals surface area (Å²) in [6, 6.07) is -0.501. The Hall–Kier alpha value is -1.26. The summed E-state index contributed by atoms with van der Waals surface area (Å²) in [5.74, 6) is -0.0574. The van der Waals surface area contributed by atoms with Gasteiger partial charge in [-0.25, -0.2) is 9.59 Å².